The summed E-state index contributed by atoms with van der Waals surface area (Å²) in [5.74, 6) is 12.3. The number of halogens is 1. The number of aromatic nitrogens is 3. The molecule has 2 aromatic carbocycles. The van der Waals surface area contributed by atoms with Crippen molar-refractivity contribution in [2.45, 2.75) is 59.6 Å². The Morgan fingerprint density at radius 3 is 2.43 bits per heavy atom. The molecule has 3 heterocycles. The van der Waals surface area contributed by atoms with E-state index < -0.39 is 17.7 Å². The number of hydrogen-bond acceptors (Lipinski definition) is 7. The van der Waals surface area contributed by atoms with Gasteiger partial charge < -0.3 is 15.4 Å². The zero-order valence-electron chi connectivity index (χ0n) is 26.4. The Labute approximate surface area is 277 Å². The average Bonchev–Trinajstić information content (AvgIpc) is 3.47. The lowest BCUT2D eigenvalue weighted by molar-refractivity contribution is -0.116. The van der Waals surface area contributed by atoms with Crippen LogP contribution in [0.5, 0.6) is 0 Å². The first-order valence-electron chi connectivity index (χ1n) is 14.6. The summed E-state index contributed by atoms with van der Waals surface area (Å²) in [6.45, 7) is 11.6. The minimum Gasteiger partial charge on any atom is -0.444 e. The maximum absolute atomic E-state index is 13.4. The normalized spacial score (nSPS) is 13.5. The Balaban J connectivity index is 1.30. The van der Waals surface area contributed by atoms with Gasteiger partial charge in [-0.05, 0) is 95.3 Å². The van der Waals surface area contributed by atoms with E-state index in [1.54, 1.807) is 56.4 Å². The molecule has 0 bridgehead atoms. The highest BCUT2D eigenvalue weighted by atomic mass is 35.5. The molecule has 11 heteroatoms. The molecule has 0 saturated heterocycles. The van der Waals surface area contributed by atoms with Gasteiger partial charge in [0.25, 0.3) is 0 Å². The number of thiophene rings is 1. The van der Waals surface area contributed by atoms with Crippen LogP contribution < -0.4 is 10.6 Å². The number of nitrogens with one attached hydrogen (secondary N) is 2. The predicted octanol–water partition coefficient (Wildman–Crippen LogP) is 6.71. The van der Waals surface area contributed by atoms with Gasteiger partial charge in [-0.3, -0.25) is 14.4 Å². The summed E-state index contributed by atoms with van der Waals surface area (Å²) < 4.78 is 7.18. The lowest BCUT2D eigenvalue weighted by atomic mass is 9.99. The van der Waals surface area contributed by atoms with E-state index in [0.717, 1.165) is 38.8 Å². The smallest absolute Gasteiger partial charge is 0.408 e. The molecular formula is C35H33ClN6O3S. The fourth-order valence-electron chi connectivity index (χ4n) is 4.78. The molecule has 0 spiro atoms. The summed E-state index contributed by atoms with van der Waals surface area (Å²) in [4.78, 5) is 31.4. The minimum atomic E-state index is -0.570. The fourth-order valence-corrected chi connectivity index (χ4v) is 6.12. The lowest BCUT2D eigenvalue weighted by Gasteiger charge is -2.18. The van der Waals surface area contributed by atoms with Crippen LogP contribution in [0, 0.1) is 44.5 Å². The number of aliphatic imine (C=N–C) groups is 1. The topological polar surface area (TPSA) is 110 Å². The van der Waals surface area contributed by atoms with Gasteiger partial charge in [-0.15, -0.1) is 21.5 Å². The largest absolute Gasteiger partial charge is 0.444 e. The molecule has 9 nitrogen and oxygen atoms in total. The van der Waals surface area contributed by atoms with Crippen molar-refractivity contribution in [3.63, 3.8) is 0 Å². The van der Waals surface area contributed by atoms with E-state index in [4.69, 9.17) is 21.3 Å². The summed E-state index contributed by atoms with van der Waals surface area (Å²) in [5, 5.41) is 16.0. The molecule has 46 heavy (non-hydrogen) atoms. The molecule has 0 saturated carbocycles. The monoisotopic (exact) mass is 652 g/mol. The molecule has 0 radical (unpaired) electrons. The third kappa shape index (κ3) is 7.66. The van der Waals surface area contributed by atoms with E-state index in [1.165, 1.54) is 4.88 Å². The maximum atomic E-state index is 13.4. The second kappa shape index (κ2) is 13.6. The van der Waals surface area contributed by atoms with E-state index >= 15 is 0 Å². The summed E-state index contributed by atoms with van der Waals surface area (Å²) in [6, 6.07) is 14.2. The number of benzene rings is 2. The Morgan fingerprint density at radius 2 is 1.74 bits per heavy atom. The van der Waals surface area contributed by atoms with E-state index in [9.17, 15) is 9.59 Å². The number of hydrogen-bond donors (Lipinski definition) is 2. The fraction of sp³-hybridized carbons (Fsp3) is 0.286. The number of carbonyl (C=O) groups is 2. The number of aryl methyl sites for hydroxylation is 2. The quantitative estimate of drug-likeness (QED) is 0.233. The SMILES string of the molecule is Cc1sc2c(c1C)C(c1ccc(Cl)cc1)=N[C@@H](CC(=O)Nc1ccc(C#CC#CCNC(=O)OC(C)(C)C)cc1)c1nnc(C)n1-2. The summed E-state index contributed by atoms with van der Waals surface area (Å²) in [6.07, 6.45) is -0.463. The number of fused-ring (bicyclic) bond motifs is 3. The number of carbonyl (C=O) groups excluding carboxylic acids is 2. The summed E-state index contributed by atoms with van der Waals surface area (Å²) in [7, 11) is 0. The van der Waals surface area contributed by atoms with Gasteiger partial charge in [-0.2, -0.15) is 0 Å². The molecule has 0 aliphatic carbocycles. The van der Waals surface area contributed by atoms with Crippen molar-refractivity contribution < 1.29 is 14.3 Å². The second-order valence-electron chi connectivity index (χ2n) is 11.6. The van der Waals surface area contributed by atoms with Crippen LogP contribution in [0.25, 0.3) is 5.00 Å². The highest BCUT2D eigenvalue weighted by Gasteiger charge is 2.32. The molecule has 234 valence electrons. The van der Waals surface area contributed by atoms with E-state index in [-0.39, 0.29) is 18.9 Å². The highest BCUT2D eigenvalue weighted by Crippen LogP contribution is 2.39. The lowest BCUT2D eigenvalue weighted by Crippen LogP contribution is -2.32. The third-order valence-electron chi connectivity index (χ3n) is 6.98. The maximum Gasteiger partial charge on any atom is 0.408 e. The molecule has 4 aromatic rings. The van der Waals surface area contributed by atoms with Crippen LogP contribution in [0.3, 0.4) is 0 Å². The van der Waals surface area contributed by atoms with Gasteiger partial charge >= 0.3 is 6.09 Å². The van der Waals surface area contributed by atoms with E-state index in [2.05, 4.69) is 58.4 Å². The van der Waals surface area contributed by atoms with E-state index in [0.29, 0.717) is 16.5 Å². The summed E-state index contributed by atoms with van der Waals surface area (Å²) in [5.41, 5.74) is 4.63. The van der Waals surface area contributed by atoms with Crippen molar-refractivity contribution in [3.05, 3.63) is 92.3 Å². The van der Waals surface area contributed by atoms with Crippen LogP contribution in [0.15, 0.2) is 53.5 Å². The van der Waals surface area contributed by atoms with Crippen molar-refractivity contribution in [1.82, 2.24) is 20.1 Å². The molecule has 2 N–H and O–H groups in total. The van der Waals surface area contributed by atoms with Crippen LogP contribution in [0.2, 0.25) is 5.02 Å². The zero-order valence-corrected chi connectivity index (χ0v) is 28.0. The van der Waals surface area contributed by atoms with Crippen molar-refractivity contribution in [1.29, 1.82) is 0 Å². The first kappa shape index (κ1) is 32.5. The standard InChI is InChI=1S/C35H33ClN6O3S/c1-21-22(2)46-33-30(21)31(25-13-15-26(36)16-14-25)39-28(32-41-40-23(3)42(32)33)20-29(43)38-27-17-11-24(12-18-27)10-8-7-9-19-37-34(44)45-35(4,5)6/h11-18,28H,19-20H2,1-6H3,(H,37,44)(H,38,43)/t28-/m0/s1. The first-order chi connectivity index (χ1) is 21.9. The first-order valence-corrected chi connectivity index (χ1v) is 15.8. The van der Waals surface area contributed by atoms with Gasteiger partial charge in [-0.1, -0.05) is 35.6 Å². The highest BCUT2D eigenvalue weighted by molar-refractivity contribution is 7.15. The third-order valence-corrected chi connectivity index (χ3v) is 8.43. The van der Waals surface area contributed by atoms with Crippen LogP contribution in [-0.4, -0.2) is 44.6 Å². The Bertz CT molecular complexity index is 1950. The van der Waals surface area contributed by atoms with E-state index in [1.807, 2.05) is 35.8 Å². The van der Waals surface area contributed by atoms with Gasteiger partial charge in [0.2, 0.25) is 5.91 Å². The van der Waals surface area contributed by atoms with Gasteiger partial charge in [0.05, 0.1) is 18.7 Å². The Hall–Kier alpha value is -4.90. The van der Waals surface area contributed by atoms with Gasteiger partial charge in [0.1, 0.15) is 22.5 Å². The minimum absolute atomic E-state index is 0.0661. The van der Waals surface area contributed by atoms with Gasteiger partial charge in [-0.25, -0.2) is 4.79 Å². The molecule has 2 aromatic heterocycles. The van der Waals surface area contributed by atoms with Crippen molar-refractivity contribution >= 4 is 46.3 Å². The number of alkyl carbamates (subject to hydrolysis) is 1. The molecular weight excluding hydrogens is 620 g/mol. The van der Waals surface area contributed by atoms with Gasteiger partial charge in [0, 0.05) is 32.3 Å². The molecule has 1 aliphatic rings. The molecule has 2 amide bonds. The number of nitrogens with zero attached hydrogens (tertiary/aromatic N) is 4. The predicted molar refractivity (Wildman–Crippen MR) is 182 cm³/mol. The molecule has 5 rings (SSSR count). The van der Waals surface area contributed by atoms with Crippen LogP contribution in [0.4, 0.5) is 10.5 Å². The molecule has 0 fully saturated rings. The van der Waals surface area contributed by atoms with Crippen LogP contribution >= 0.6 is 22.9 Å². The van der Waals surface area contributed by atoms with Crippen molar-refractivity contribution in [2.24, 2.45) is 4.99 Å². The number of rotatable bonds is 5. The van der Waals surface area contributed by atoms with Crippen molar-refractivity contribution in [3.8, 4) is 28.7 Å². The number of anilines is 1. The Kier molecular flexibility index (Phi) is 9.62. The molecule has 1 aliphatic heterocycles. The van der Waals surface area contributed by atoms with Gasteiger partial charge in [0.15, 0.2) is 5.82 Å². The van der Waals surface area contributed by atoms with Crippen LogP contribution in [-0.2, 0) is 9.53 Å². The van der Waals surface area contributed by atoms with Crippen molar-refractivity contribution in [2.75, 3.05) is 11.9 Å². The molecule has 0 unspecified atom stereocenters. The zero-order chi connectivity index (χ0) is 33.0. The number of ether oxygens (including phenoxy) is 1. The summed E-state index contributed by atoms with van der Waals surface area (Å²) >= 11 is 7.87. The Morgan fingerprint density at radius 1 is 1.02 bits per heavy atom. The molecule has 1 atom stereocenters. The number of amides is 2. The second-order valence-corrected chi connectivity index (χ2v) is 13.3. The van der Waals surface area contributed by atoms with Crippen LogP contribution in [0.1, 0.15) is 72.0 Å². The average molecular weight is 653 g/mol.